The number of hydrogen-bond acceptors (Lipinski definition) is 5. The van der Waals surface area contributed by atoms with E-state index in [4.69, 9.17) is 9.84 Å². The van der Waals surface area contributed by atoms with Crippen LogP contribution in [0.4, 0.5) is 5.82 Å². The SMILES string of the molecule is CCOC(=O)CNc1nccc2c(C(=O)O)cccc12. The van der Waals surface area contributed by atoms with Crippen molar-refractivity contribution >= 4 is 28.5 Å². The molecule has 0 aliphatic rings. The van der Waals surface area contributed by atoms with Crippen molar-refractivity contribution in [1.82, 2.24) is 4.98 Å². The van der Waals surface area contributed by atoms with Gasteiger partial charge in [-0.05, 0) is 19.1 Å². The highest BCUT2D eigenvalue weighted by Gasteiger charge is 2.11. The van der Waals surface area contributed by atoms with Crippen LogP contribution in [0.2, 0.25) is 0 Å². The van der Waals surface area contributed by atoms with Crippen molar-refractivity contribution in [1.29, 1.82) is 0 Å². The molecule has 6 nitrogen and oxygen atoms in total. The number of carbonyl (C=O) groups is 2. The maximum atomic E-state index is 11.3. The van der Waals surface area contributed by atoms with E-state index in [2.05, 4.69) is 10.3 Å². The van der Waals surface area contributed by atoms with Crippen molar-refractivity contribution < 1.29 is 19.4 Å². The van der Waals surface area contributed by atoms with Crippen molar-refractivity contribution in [2.75, 3.05) is 18.5 Å². The molecule has 20 heavy (non-hydrogen) atoms. The molecule has 0 aliphatic carbocycles. The first-order chi connectivity index (χ1) is 9.63. The van der Waals surface area contributed by atoms with Crippen LogP contribution in [0.1, 0.15) is 17.3 Å². The van der Waals surface area contributed by atoms with Gasteiger partial charge in [-0.1, -0.05) is 12.1 Å². The average molecular weight is 274 g/mol. The van der Waals surface area contributed by atoms with E-state index in [0.717, 1.165) is 0 Å². The van der Waals surface area contributed by atoms with Gasteiger partial charge >= 0.3 is 11.9 Å². The van der Waals surface area contributed by atoms with E-state index in [-0.39, 0.29) is 18.1 Å². The summed E-state index contributed by atoms with van der Waals surface area (Å²) in [7, 11) is 0. The molecule has 0 aliphatic heterocycles. The maximum absolute atomic E-state index is 11.3. The van der Waals surface area contributed by atoms with Crippen LogP contribution in [0.3, 0.4) is 0 Å². The Kier molecular flexibility index (Phi) is 4.14. The third-order valence-electron chi connectivity index (χ3n) is 2.74. The van der Waals surface area contributed by atoms with Crippen LogP contribution in [-0.2, 0) is 9.53 Å². The Bertz CT molecular complexity index is 655. The summed E-state index contributed by atoms with van der Waals surface area (Å²) in [5.74, 6) is -0.933. The number of hydrogen-bond donors (Lipinski definition) is 2. The van der Waals surface area contributed by atoms with Crippen molar-refractivity contribution in [2.24, 2.45) is 0 Å². The molecule has 1 heterocycles. The van der Waals surface area contributed by atoms with Crippen LogP contribution in [0.15, 0.2) is 30.5 Å². The standard InChI is InChI=1S/C14H14N2O4/c1-2-20-12(17)8-16-13-10-4-3-5-11(14(18)19)9(10)6-7-15-13/h3-7H,2,8H2,1H3,(H,15,16)(H,18,19). The third kappa shape index (κ3) is 2.85. The van der Waals surface area contributed by atoms with E-state index < -0.39 is 5.97 Å². The second-order valence-electron chi connectivity index (χ2n) is 4.02. The Hall–Kier alpha value is -2.63. The Balaban J connectivity index is 2.33. The summed E-state index contributed by atoms with van der Waals surface area (Å²) in [6.45, 7) is 2.02. The Morgan fingerprint density at radius 1 is 1.30 bits per heavy atom. The molecule has 1 aromatic heterocycles. The van der Waals surface area contributed by atoms with Gasteiger partial charge in [0.05, 0.1) is 12.2 Å². The molecule has 2 N–H and O–H groups in total. The molecule has 0 saturated carbocycles. The molecular weight excluding hydrogens is 260 g/mol. The highest BCUT2D eigenvalue weighted by molar-refractivity contribution is 6.06. The normalized spacial score (nSPS) is 10.2. The molecule has 0 fully saturated rings. The molecule has 6 heteroatoms. The van der Waals surface area contributed by atoms with Crippen molar-refractivity contribution in [3.63, 3.8) is 0 Å². The fraction of sp³-hybridized carbons (Fsp3) is 0.214. The van der Waals surface area contributed by atoms with E-state index in [1.54, 1.807) is 25.1 Å². The average Bonchev–Trinajstić information content (AvgIpc) is 2.44. The summed E-state index contributed by atoms with van der Waals surface area (Å²) in [6.07, 6.45) is 1.50. The van der Waals surface area contributed by atoms with Gasteiger partial charge in [0, 0.05) is 17.0 Å². The summed E-state index contributed by atoms with van der Waals surface area (Å²) in [4.78, 5) is 26.6. The monoisotopic (exact) mass is 274 g/mol. The molecule has 104 valence electrons. The lowest BCUT2D eigenvalue weighted by Crippen LogP contribution is -2.17. The number of pyridine rings is 1. The topological polar surface area (TPSA) is 88.5 Å². The smallest absolute Gasteiger partial charge is 0.336 e. The fourth-order valence-electron chi connectivity index (χ4n) is 1.90. The highest BCUT2D eigenvalue weighted by atomic mass is 16.5. The molecule has 0 saturated heterocycles. The Labute approximate surface area is 115 Å². The van der Waals surface area contributed by atoms with Crippen LogP contribution in [0.25, 0.3) is 10.8 Å². The summed E-state index contributed by atoms with van der Waals surface area (Å²) in [5, 5.41) is 13.2. The number of carboxylic acids is 1. The van der Waals surface area contributed by atoms with Gasteiger partial charge in [0.25, 0.3) is 0 Å². The summed E-state index contributed by atoms with van der Waals surface area (Å²) in [5.41, 5.74) is 0.198. The van der Waals surface area contributed by atoms with Crippen LogP contribution in [0.5, 0.6) is 0 Å². The van der Waals surface area contributed by atoms with Crippen LogP contribution in [-0.4, -0.2) is 35.2 Å². The first kappa shape index (κ1) is 13.8. The predicted molar refractivity (Wildman–Crippen MR) is 73.8 cm³/mol. The maximum Gasteiger partial charge on any atom is 0.336 e. The quantitative estimate of drug-likeness (QED) is 0.810. The zero-order valence-corrected chi connectivity index (χ0v) is 10.9. The van der Waals surface area contributed by atoms with Gasteiger partial charge in [0.1, 0.15) is 12.4 Å². The minimum atomic E-state index is -1.00. The number of ether oxygens (including phenoxy) is 1. The number of benzene rings is 1. The molecule has 2 rings (SSSR count). The summed E-state index contributed by atoms with van der Waals surface area (Å²) >= 11 is 0. The lowest BCUT2D eigenvalue weighted by atomic mass is 10.1. The molecule has 0 radical (unpaired) electrons. The second-order valence-corrected chi connectivity index (χ2v) is 4.02. The number of aromatic nitrogens is 1. The lowest BCUT2D eigenvalue weighted by molar-refractivity contribution is -0.140. The van der Waals surface area contributed by atoms with E-state index >= 15 is 0 Å². The van der Waals surface area contributed by atoms with Crippen molar-refractivity contribution in [2.45, 2.75) is 6.92 Å². The van der Waals surface area contributed by atoms with Crippen LogP contribution >= 0.6 is 0 Å². The number of carboxylic acid groups (broad SMARTS) is 1. The van der Waals surface area contributed by atoms with Crippen LogP contribution in [0, 0.1) is 0 Å². The van der Waals surface area contributed by atoms with Gasteiger partial charge in [-0.2, -0.15) is 0 Å². The first-order valence-electron chi connectivity index (χ1n) is 6.14. The van der Waals surface area contributed by atoms with Gasteiger partial charge in [-0.25, -0.2) is 9.78 Å². The lowest BCUT2D eigenvalue weighted by Gasteiger charge is -2.09. The molecule has 1 aromatic carbocycles. The number of esters is 1. The van der Waals surface area contributed by atoms with Crippen molar-refractivity contribution in [3.05, 3.63) is 36.0 Å². The molecule has 0 amide bonds. The largest absolute Gasteiger partial charge is 0.478 e. The number of fused-ring (bicyclic) bond motifs is 1. The van der Waals surface area contributed by atoms with E-state index in [1.165, 1.54) is 12.3 Å². The zero-order valence-electron chi connectivity index (χ0n) is 10.9. The van der Waals surface area contributed by atoms with Crippen LogP contribution < -0.4 is 5.32 Å². The van der Waals surface area contributed by atoms with Gasteiger partial charge in [0.15, 0.2) is 0 Å². The minimum absolute atomic E-state index is 0.0166. The van der Waals surface area contributed by atoms with Gasteiger partial charge in [-0.15, -0.1) is 0 Å². The Morgan fingerprint density at radius 2 is 2.10 bits per heavy atom. The fourth-order valence-corrected chi connectivity index (χ4v) is 1.90. The minimum Gasteiger partial charge on any atom is -0.478 e. The van der Waals surface area contributed by atoms with Gasteiger partial charge in [-0.3, -0.25) is 4.79 Å². The molecule has 2 aromatic rings. The predicted octanol–water partition coefficient (Wildman–Crippen LogP) is 1.91. The second kappa shape index (κ2) is 6.01. The number of nitrogens with one attached hydrogen (secondary N) is 1. The van der Waals surface area contributed by atoms with Gasteiger partial charge in [0.2, 0.25) is 0 Å². The molecule has 0 atom stereocenters. The summed E-state index contributed by atoms with van der Waals surface area (Å²) < 4.78 is 4.81. The molecule has 0 spiro atoms. The number of anilines is 1. The van der Waals surface area contributed by atoms with E-state index in [1.807, 2.05) is 0 Å². The Morgan fingerprint density at radius 3 is 2.80 bits per heavy atom. The molecule has 0 unspecified atom stereocenters. The zero-order chi connectivity index (χ0) is 14.5. The number of nitrogens with zero attached hydrogens (tertiary/aromatic N) is 1. The number of aromatic carboxylic acids is 1. The van der Waals surface area contributed by atoms with E-state index in [9.17, 15) is 9.59 Å². The van der Waals surface area contributed by atoms with Gasteiger partial charge < -0.3 is 15.2 Å². The number of carbonyl (C=O) groups excluding carboxylic acids is 1. The molecular formula is C14H14N2O4. The van der Waals surface area contributed by atoms with Crippen molar-refractivity contribution in [3.8, 4) is 0 Å². The molecule has 0 bridgehead atoms. The number of rotatable bonds is 5. The summed E-state index contributed by atoms with van der Waals surface area (Å²) in [6, 6.07) is 6.55. The van der Waals surface area contributed by atoms with E-state index in [0.29, 0.717) is 23.2 Å². The highest BCUT2D eigenvalue weighted by Crippen LogP contribution is 2.24. The third-order valence-corrected chi connectivity index (χ3v) is 2.74. The first-order valence-corrected chi connectivity index (χ1v) is 6.14.